The van der Waals surface area contributed by atoms with Crippen molar-refractivity contribution >= 4 is 12.6 Å². The number of rotatable bonds is 7. The molecule has 0 aromatic rings. The van der Waals surface area contributed by atoms with E-state index in [0.717, 1.165) is 17.8 Å². The van der Waals surface area contributed by atoms with Gasteiger partial charge in [-0.2, -0.15) is 12.6 Å². The molecule has 2 bridgehead atoms. The van der Waals surface area contributed by atoms with Gasteiger partial charge >= 0.3 is 0 Å². The molecule has 0 aromatic carbocycles. The van der Waals surface area contributed by atoms with E-state index in [1.54, 1.807) is 0 Å². The maximum Gasteiger partial charge on any atom is 0.0223 e. The molecular formula is C17H34N2S. The van der Waals surface area contributed by atoms with Crippen LogP contribution in [-0.2, 0) is 0 Å². The zero-order valence-electron chi connectivity index (χ0n) is 13.8. The molecule has 0 saturated carbocycles. The molecule has 0 aliphatic carbocycles. The van der Waals surface area contributed by atoms with E-state index < -0.39 is 0 Å². The Morgan fingerprint density at radius 2 is 1.70 bits per heavy atom. The van der Waals surface area contributed by atoms with E-state index >= 15 is 0 Å². The van der Waals surface area contributed by atoms with Gasteiger partial charge in [-0.1, -0.05) is 26.7 Å². The number of hydrogen-bond donors (Lipinski definition) is 1. The van der Waals surface area contributed by atoms with Gasteiger partial charge in [-0.25, -0.2) is 0 Å². The highest BCUT2D eigenvalue weighted by molar-refractivity contribution is 7.80. The molecule has 0 N–H and O–H groups in total. The highest BCUT2D eigenvalue weighted by atomic mass is 32.1. The van der Waals surface area contributed by atoms with Crippen molar-refractivity contribution in [3.05, 3.63) is 0 Å². The normalized spacial score (nSPS) is 28.8. The molecule has 2 atom stereocenters. The molecule has 3 heteroatoms. The van der Waals surface area contributed by atoms with E-state index in [-0.39, 0.29) is 0 Å². The molecule has 2 aliphatic heterocycles. The zero-order chi connectivity index (χ0) is 14.6. The minimum atomic E-state index is 0.453. The van der Waals surface area contributed by atoms with E-state index in [1.165, 1.54) is 64.6 Å². The Kier molecular flexibility index (Phi) is 6.25. The van der Waals surface area contributed by atoms with Crippen LogP contribution in [0.2, 0.25) is 0 Å². The standard InChI is InChI=1S/C17H34N2S/c1-4-9-17(14-20,10-5-2)13-19-11-8-15-6-7-16(12-19)18(15)3/h15-16,20H,4-14H2,1-3H3. The topological polar surface area (TPSA) is 6.48 Å². The van der Waals surface area contributed by atoms with Crippen LogP contribution < -0.4 is 0 Å². The van der Waals surface area contributed by atoms with Gasteiger partial charge in [-0.15, -0.1) is 0 Å². The van der Waals surface area contributed by atoms with E-state index in [1.807, 2.05) is 0 Å². The largest absolute Gasteiger partial charge is 0.301 e. The summed E-state index contributed by atoms with van der Waals surface area (Å²) in [7, 11) is 2.34. The van der Waals surface area contributed by atoms with Crippen LogP contribution in [0.15, 0.2) is 0 Å². The highest BCUT2D eigenvalue weighted by Crippen LogP contribution is 2.35. The maximum absolute atomic E-state index is 4.73. The van der Waals surface area contributed by atoms with Crippen LogP contribution in [0.3, 0.4) is 0 Å². The van der Waals surface area contributed by atoms with Crippen LogP contribution in [0.4, 0.5) is 0 Å². The third kappa shape index (κ3) is 3.72. The van der Waals surface area contributed by atoms with Crippen LogP contribution in [0, 0.1) is 5.41 Å². The molecule has 0 aromatic heterocycles. The number of likely N-dealkylation sites (N-methyl/N-ethyl adjacent to an activating group) is 1. The molecule has 2 nitrogen and oxygen atoms in total. The lowest BCUT2D eigenvalue weighted by molar-refractivity contribution is 0.135. The van der Waals surface area contributed by atoms with Crippen LogP contribution in [0.5, 0.6) is 0 Å². The van der Waals surface area contributed by atoms with Crippen molar-refractivity contribution in [3.8, 4) is 0 Å². The molecule has 118 valence electrons. The van der Waals surface area contributed by atoms with Crippen molar-refractivity contribution in [1.29, 1.82) is 0 Å². The summed E-state index contributed by atoms with van der Waals surface area (Å²) in [5, 5.41) is 0. The third-order valence-electron chi connectivity index (χ3n) is 5.69. The van der Waals surface area contributed by atoms with E-state index in [2.05, 4.69) is 30.7 Å². The molecule has 0 amide bonds. The van der Waals surface area contributed by atoms with Crippen molar-refractivity contribution in [2.75, 3.05) is 32.4 Å². The molecule has 2 aliphatic rings. The highest BCUT2D eigenvalue weighted by Gasteiger charge is 2.37. The van der Waals surface area contributed by atoms with Crippen molar-refractivity contribution in [3.63, 3.8) is 0 Å². The number of fused-ring (bicyclic) bond motifs is 2. The molecule has 2 rings (SSSR count). The van der Waals surface area contributed by atoms with Gasteiger partial charge in [0.05, 0.1) is 0 Å². The summed E-state index contributed by atoms with van der Waals surface area (Å²) in [4.78, 5) is 5.42. The average molecular weight is 299 g/mol. The Morgan fingerprint density at radius 3 is 2.30 bits per heavy atom. The Balaban J connectivity index is 1.99. The number of thiol groups is 1. The van der Waals surface area contributed by atoms with Crippen LogP contribution >= 0.6 is 12.6 Å². The molecule has 2 unspecified atom stereocenters. The minimum absolute atomic E-state index is 0.453. The number of hydrogen-bond acceptors (Lipinski definition) is 3. The van der Waals surface area contributed by atoms with Gasteiger partial charge in [-0.3, -0.25) is 4.90 Å². The summed E-state index contributed by atoms with van der Waals surface area (Å²) in [6.07, 6.45) is 9.47. The van der Waals surface area contributed by atoms with Gasteiger partial charge in [0.25, 0.3) is 0 Å². The van der Waals surface area contributed by atoms with Gasteiger partial charge in [0, 0.05) is 25.2 Å². The summed E-state index contributed by atoms with van der Waals surface area (Å²) in [5.41, 5.74) is 0.453. The average Bonchev–Trinajstić information content (AvgIpc) is 2.67. The van der Waals surface area contributed by atoms with Gasteiger partial charge in [0.1, 0.15) is 0 Å². The van der Waals surface area contributed by atoms with Gasteiger partial charge in [-0.05, 0) is 56.9 Å². The van der Waals surface area contributed by atoms with Crippen molar-refractivity contribution in [1.82, 2.24) is 9.80 Å². The Hall–Kier alpha value is 0.270. The second-order valence-corrected chi connectivity index (χ2v) is 7.55. The van der Waals surface area contributed by atoms with Crippen LogP contribution in [0.1, 0.15) is 58.8 Å². The maximum atomic E-state index is 4.73. The van der Waals surface area contributed by atoms with Gasteiger partial charge in [0.15, 0.2) is 0 Å². The lowest BCUT2D eigenvalue weighted by Gasteiger charge is -2.38. The predicted molar refractivity (Wildman–Crippen MR) is 91.7 cm³/mol. The first kappa shape index (κ1) is 16.6. The fraction of sp³-hybridized carbons (Fsp3) is 1.00. The second kappa shape index (κ2) is 7.51. The fourth-order valence-electron chi connectivity index (χ4n) is 4.55. The lowest BCUT2D eigenvalue weighted by atomic mass is 9.80. The molecule has 2 heterocycles. The minimum Gasteiger partial charge on any atom is -0.301 e. The number of likely N-dealkylation sites (tertiary alicyclic amines) is 1. The summed E-state index contributed by atoms with van der Waals surface area (Å²) in [6.45, 7) is 8.51. The molecule has 2 fully saturated rings. The number of nitrogens with zero attached hydrogens (tertiary/aromatic N) is 2. The molecular weight excluding hydrogens is 264 g/mol. The van der Waals surface area contributed by atoms with E-state index in [9.17, 15) is 0 Å². The first-order valence-corrected chi connectivity index (χ1v) is 9.32. The molecule has 0 spiro atoms. The van der Waals surface area contributed by atoms with Crippen molar-refractivity contribution in [2.24, 2.45) is 5.41 Å². The van der Waals surface area contributed by atoms with Crippen LogP contribution in [-0.4, -0.2) is 54.3 Å². The Labute approximate surface area is 131 Å². The van der Waals surface area contributed by atoms with Gasteiger partial charge in [0.2, 0.25) is 0 Å². The molecule has 2 saturated heterocycles. The molecule has 20 heavy (non-hydrogen) atoms. The van der Waals surface area contributed by atoms with E-state index in [4.69, 9.17) is 12.6 Å². The first-order valence-electron chi connectivity index (χ1n) is 8.69. The molecule has 0 radical (unpaired) electrons. The van der Waals surface area contributed by atoms with Crippen molar-refractivity contribution in [2.45, 2.75) is 70.9 Å². The Morgan fingerprint density at radius 1 is 1.05 bits per heavy atom. The summed E-state index contributed by atoms with van der Waals surface area (Å²) >= 11 is 4.73. The monoisotopic (exact) mass is 298 g/mol. The first-order chi connectivity index (χ1) is 9.64. The smallest absolute Gasteiger partial charge is 0.0223 e. The summed E-state index contributed by atoms with van der Waals surface area (Å²) < 4.78 is 0. The predicted octanol–water partition coefficient (Wildman–Crippen LogP) is 3.67. The fourth-order valence-corrected chi connectivity index (χ4v) is 4.97. The van der Waals surface area contributed by atoms with Crippen LogP contribution in [0.25, 0.3) is 0 Å². The van der Waals surface area contributed by atoms with E-state index in [0.29, 0.717) is 5.41 Å². The third-order valence-corrected chi connectivity index (χ3v) is 6.36. The SMILES string of the molecule is CCCC(CS)(CCC)CN1CCC2CCC(C1)N2C. The summed E-state index contributed by atoms with van der Waals surface area (Å²) in [6, 6.07) is 1.66. The summed E-state index contributed by atoms with van der Waals surface area (Å²) in [5.74, 6) is 1.05. The Bertz CT molecular complexity index is 289. The van der Waals surface area contributed by atoms with Gasteiger partial charge < -0.3 is 4.90 Å². The quantitative estimate of drug-likeness (QED) is 0.717. The zero-order valence-corrected chi connectivity index (χ0v) is 14.7. The van der Waals surface area contributed by atoms with Crippen molar-refractivity contribution < 1.29 is 0 Å². The lowest BCUT2D eigenvalue weighted by Crippen LogP contribution is -2.43. The second-order valence-electron chi connectivity index (χ2n) is 7.23.